The summed E-state index contributed by atoms with van der Waals surface area (Å²) in [6.45, 7) is 7.09. The minimum Gasteiger partial charge on any atom is -0.477 e. The molecule has 2 saturated heterocycles. The fraction of sp³-hybridized carbons (Fsp3) is 0.632. The number of hydrogen-bond donors (Lipinski definition) is 3. The lowest BCUT2D eigenvalue weighted by Gasteiger charge is -2.46. The Hall–Kier alpha value is -1.84. The third-order valence-corrected chi connectivity index (χ3v) is 7.48. The maximum Gasteiger partial charge on any atom is 0.353 e. The molecule has 1 aromatic heterocycles. The summed E-state index contributed by atoms with van der Waals surface area (Å²) < 4.78 is 1.93. The van der Waals surface area contributed by atoms with Crippen LogP contribution < -0.4 is 5.32 Å². The molecule has 0 spiro atoms. The number of amides is 1. The number of rotatable bonds is 6. The highest BCUT2D eigenvalue weighted by Crippen LogP contribution is 2.51. The molecule has 1 aromatic rings. The summed E-state index contributed by atoms with van der Waals surface area (Å²) in [6, 6.07) is 2.01. The van der Waals surface area contributed by atoms with Crippen molar-refractivity contribution in [2.75, 3.05) is 6.54 Å². The van der Waals surface area contributed by atoms with Crippen LogP contribution in [0.4, 0.5) is 0 Å². The second kappa shape index (κ2) is 7.20. The maximum atomic E-state index is 12.4. The van der Waals surface area contributed by atoms with Gasteiger partial charge in [0.2, 0.25) is 5.91 Å². The smallest absolute Gasteiger partial charge is 0.353 e. The van der Waals surface area contributed by atoms with Crippen LogP contribution in [0.25, 0.3) is 0 Å². The van der Waals surface area contributed by atoms with Gasteiger partial charge in [0.25, 0.3) is 0 Å². The van der Waals surface area contributed by atoms with Gasteiger partial charge in [0.05, 0.1) is 30.3 Å². The van der Waals surface area contributed by atoms with E-state index in [0.29, 0.717) is 0 Å². The Morgan fingerprint density at radius 1 is 1.50 bits per heavy atom. The van der Waals surface area contributed by atoms with Gasteiger partial charge in [-0.1, -0.05) is 6.92 Å². The van der Waals surface area contributed by atoms with E-state index in [4.69, 9.17) is 0 Å². The third kappa shape index (κ3) is 3.15. The SMILES string of the molecule is Cc1ccn(C[C@@H]2C[C@H](SC3=C(C(=O)O)N4C(=O)[C@H]([C@@H](C)O)[C@H]4[C@H]3C)CN2)n1. The van der Waals surface area contributed by atoms with Crippen molar-refractivity contribution in [3.05, 3.63) is 28.6 Å². The number of aliphatic carboxylic acids is 1. The summed E-state index contributed by atoms with van der Waals surface area (Å²) in [5, 5.41) is 27.8. The maximum absolute atomic E-state index is 12.4. The van der Waals surface area contributed by atoms with Crippen molar-refractivity contribution in [1.82, 2.24) is 20.0 Å². The molecule has 2 fully saturated rings. The standard InChI is InChI=1S/C19H26N4O4S/c1-9-4-5-22(21-9)8-12-6-13(7-20-12)28-17-10(2)15-14(11(3)24)18(25)23(15)16(17)19(26)27/h4-5,10-15,20,24H,6-8H2,1-3H3,(H,26,27)/t10-,11-,12+,13+,14-,15-/m1/s1. The number of carbonyl (C=O) groups is 2. The first kappa shape index (κ1) is 19.5. The molecule has 3 aliphatic rings. The second-order valence-electron chi connectivity index (χ2n) is 8.03. The summed E-state index contributed by atoms with van der Waals surface area (Å²) in [5.74, 6) is -1.94. The van der Waals surface area contributed by atoms with Crippen molar-refractivity contribution >= 4 is 23.6 Å². The number of aromatic nitrogens is 2. The molecule has 0 aromatic carbocycles. The highest BCUT2D eigenvalue weighted by atomic mass is 32.2. The predicted octanol–water partition coefficient (Wildman–Crippen LogP) is 0.809. The van der Waals surface area contributed by atoms with Crippen molar-refractivity contribution in [2.24, 2.45) is 11.8 Å². The molecule has 4 heterocycles. The first-order chi connectivity index (χ1) is 13.3. The monoisotopic (exact) mass is 406 g/mol. The Morgan fingerprint density at radius 3 is 2.86 bits per heavy atom. The fourth-order valence-corrected chi connectivity index (χ4v) is 6.18. The molecule has 1 amide bonds. The number of carbonyl (C=O) groups excluding carboxylic acids is 1. The molecule has 0 bridgehead atoms. The van der Waals surface area contributed by atoms with Crippen LogP contribution in [0.15, 0.2) is 22.9 Å². The van der Waals surface area contributed by atoms with E-state index in [9.17, 15) is 19.8 Å². The topological polar surface area (TPSA) is 108 Å². The van der Waals surface area contributed by atoms with Gasteiger partial charge in [-0.15, -0.1) is 11.8 Å². The van der Waals surface area contributed by atoms with Crippen LogP contribution in [0.3, 0.4) is 0 Å². The predicted molar refractivity (Wildman–Crippen MR) is 104 cm³/mol. The number of aryl methyl sites for hydroxylation is 1. The summed E-state index contributed by atoms with van der Waals surface area (Å²) >= 11 is 1.57. The van der Waals surface area contributed by atoms with Crippen LogP contribution in [0, 0.1) is 18.8 Å². The lowest BCUT2D eigenvalue weighted by atomic mass is 9.79. The Balaban J connectivity index is 1.46. The molecule has 0 radical (unpaired) electrons. The molecule has 6 atom stereocenters. The van der Waals surface area contributed by atoms with Crippen LogP contribution >= 0.6 is 11.8 Å². The number of β-lactam (4-membered cyclic amide) rings is 1. The van der Waals surface area contributed by atoms with E-state index in [-0.39, 0.29) is 34.9 Å². The van der Waals surface area contributed by atoms with Crippen molar-refractivity contribution in [1.29, 1.82) is 0 Å². The number of aliphatic hydroxyl groups is 1. The Bertz CT molecular complexity index is 836. The van der Waals surface area contributed by atoms with Crippen LogP contribution in [-0.2, 0) is 16.1 Å². The van der Waals surface area contributed by atoms with Gasteiger partial charge in [0.1, 0.15) is 5.70 Å². The zero-order chi connectivity index (χ0) is 20.2. The van der Waals surface area contributed by atoms with Gasteiger partial charge in [0, 0.05) is 34.9 Å². The zero-order valence-electron chi connectivity index (χ0n) is 16.2. The summed E-state index contributed by atoms with van der Waals surface area (Å²) in [5.41, 5.74) is 1.09. The number of aliphatic hydroxyl groups excluding tert-OH is 1. The van der Waals surface area contributed by atoms with Crippen molar-refractivity contribution in [2.45, 2.75) is 57.2 Å². The fourth-order valence-electron chi connectivity index (χ4n) is 4.66. The molecular weight excluding hydrogens is 380 g/mol. The molecule has 9 heteroatoms. The highest BCUT2D eigenvalue weighted by molar-refractivity contribution is 8.03. The van der Waals surface area contributed by atoms with Crippen molar-refractivity contribution < 1.29 is 19.8 Å². The molecule has 152 valence electrons. The van der Waals surface area contributed by atoms with E-state index < -0.39 is 18.0 Å². The summed E-state index contributed by atoms with van der Waals surface area (Å²) in [4.78, 5) is 26.5. The number of hydrogen-bond acceptors (Lipinski definition) is 6. The van der Waals surface area contributed by atoms with Crippen LogP contribution in [0.5, 0.6) is 0 Å². The minimum atomic E-state index is -1.07. The van der Waals surface area contributed by atoms with E-state index in [1.807, 2.05) is 30.8 Å². The van der Waals surface area contributed by atoms with Crippen molar-refractivity contribution in [3.63, 3.8) is 0 Å². The van der Waals surface area contributed by atoms with E-state index >= 15 is 0 Å². The molecule has 0 unspecified atom stereocenters. The van der Waals surface area contributed by atoms with Crippen LogP contribution in [-0.4, -0.2) is 66.8 Å². The molecule has 3 aliphatic heterocycles. The number of nitrogens with zero attached hydrogens (tertiary/aromatic N) is 3. The zero-order valence-corrected chi connectivity index (χ0v) is 17.0. The third-order valence-electron chi connectivity index (χ3n) is 5.97. The van der Waals surface area contributed by atoms with Gasteiger partial charge >= 0.3 is 5.97 Å². The Kier molecular flexibility index (Phi) is 5.01. The number of fused-ring (bicyclic) bond motifs is 1. The molecular formula is C19H26N4O4S. The molecule has 3 N–H and O–H groups in total. The second-order valence-corrected chi connectivity index (χ2v) is 9.37. The molecule has 4 rings (SSSR count). The molecule has 8 nitrogen and oxygen atoms in total. The van der Waals surface area contributed by atoms with E-state index in [0.717, 1.165) is 30.1 Å². The van der Waals surface area contributed by atoms with Gasteiger partial charge in [-0.05, 0) is 26.3 Å². The van der Waals surface area contributed by atoms with Gasteiger partial charge < -0.3 is 20.4 Å². The van der Waals surface area contributed by atoms with Crippen molar-refractivity contribution in [3.8, 4) is 0 Å². The summed E-state index contributed by atoms with van der Waals surface area (Å²) in [6.07, 6.45) is 2.10. The van der Waals surface area contributed by atoms with Gasteiger partial charge in [0.15, 0.2) is 0 Å². The van der Waals surface area contributed by atoms with Gasteiger partial charge in [-0.2, -0.15) is 5.10 Å². The van der Waals surface area contributed by atoms with Crippen LogP contribution in [0.2, 0.25) is 0 Å². The molecule has 28 heavy (non-hydrogen) atoms. The largest absolute Gasteiger partial charge is 0.477 e. The van der Waals surface area contributed by atoms with Crippen LogP contribution in [0.1, 0.15) is 26.0 Å². The normalized spacial score (nSPS) is 33.2. The number of thioether (sulfide) groups is 1. The minimum absolute atomic E-state index is 0.0822. The average Bonchev–Trinajstić information content (AvgIpc) is 3.28. The number of carboxylic acids is 1. The summed E-state index contributed by atoms with van der Waals surface area (Å²) in [7, 11) is 0. The quantitative estimate of drug-likeness (QED) is 0.600. The Labute approximate surface area is 168 Å². The van der Waals surface area contributed by atoms with E-state index in [1.54, 1.807) is 18.7 Å². The highest BCUT2D eigenvalue weighted by Gasteiger charge is 2.60. The first-order valence-corrected chi connectivity index (χ1v) is 10.5. The van der Waals surface area contributed by atoms with E-state index in [2.05, 4.69) is 10.4 Å². The van der Waals surface area contributed by atoms with Gasteiger partial charge in [-0.25, -0.2) is 4.79 Å². The lowest BCUT2D eigenvalue weighted by molar-refractivity contribution is -0.163. The lowest BCUT2D eigenvalue weighted by Crippen LogP contribution is -2.63. The number of carboxylic acid groups (broad SMARTS) is 1. The molecule has 0 saturated carbocycles. The van der Waals surface area contributed by atoms with E-state index in [1.165, 1.54) is 4.90 Å². The van der Waals surface area contributed by atoms with Gasteiger partial charge in [-0.3, -0.25) is 9.48 Å². The number of nitrogens with one attached hydrogen (secondary N) is 1. The molecule has 0 aliphatic carbocycles. The Morgan fingerprint density at radius 2 is 2.25 bits per heavy atom. The average molecular weight is 407 g/mol. The first-order valence-electron chi connectivity index (χ1n) is 9.66.